The normalized spacial score (nSPS) is 19.5. The lowest BCUT2D eigenvalue weighted by atomic mass is 9.56. The van der Waals surface area contributed by atoms with Crippen LogP contribution in [0, 0.1) is 16.7 Å². The molecule has 2 aromatic carbocycles. The van der Waals surface area contributed by atoms with E-state index >= 15 is 0 Å². The molecule has 2 aliphatic heterocycles. The van der Waals surface area contributed by atoms with Gasteiger partial charge in [-0.05, 0) is 44.4 Å². The summed E-state index contributed by atoms with van der Waals surface area (Å²) in [6, 6.07) is 11.9. The fourth-order valence-corrected chi connectivity index (χ4v) is 9.77. The van der Waals surface area contributed by atoms with Crippen LogP contribution in [-0.4, -0.2) is 88.0 Å². The summed E-state index contributed by atoms with van der Waals surface area (Å²) in [5.74, 6) is 1.88. The second-order valence-electron chi connectivity index (χ2n) is 15.8. The summed E-state index contributed by atoms with van der Waals surface area (Å²) in [6.45, 7) is 7.31. The number of aryl methyl sites for hydroxylation is 1. The molecule has 2 amide bonds. The van der Waals surface area contributed by atoms with Gasteiger partial charge in [0.1, 0.15) is 11.4 Å². The molecule has 54 heavy (non-hydrogen) atoms. The van der Waals surface area contributed by atoms with E-state index in [0.29, 0.717) is 62.7 Å². The minimum Gasteiger partial charge on any atom is -0.480 e. The molecule has 0 bridgehead atoms. The lowest BCUT2D eigenvalue weighted by Gasteiger charge is -2.59. The number of hydrogen-bond donors (Lipinski definition) is 1. The summed E-state index contributed by atoms with van der Waals surface area (Å²) < 4.78 is 11.4. The molecule has 1 N–H and O–H groups in total. The highest BCUT2D eigenvalue weighted by Crippen LogP contribution is 2.53. The Morgan fingerprint density at radius 1 is 0.741 bits per heavy atom. The van der Waals surface area contributed by atoms with Crippen molar-refractivity contribution < 1.29 is 19.1 Å². The van der Waals surface area contributed by atoms with Gasteiger partial charge in [-0.3, -0.25) is 19.6 Å². The molecule has 4 fully saturated rings. The van der Waals surface area contributed by atoms with Gasteiger partial charge < -0.3 is 24.6 Å². The molecule has 4 heterocycles. The highest BCUT2D eigenvalue weighted by atomic mass is 35.5. The van der Waals surface area contributed by atoms with Gasteiger partial charge >= 0.3 is 0 Å². The number of nitrogens with one attached hydrogen (secondary N) is 1. The van der Waals surface area contributed by atoms with Crippen molar-refractivity contribution in [2.24, 2.45) is 16.7 Å². The Hall–Kier alpha value is -4.32. The minimum absolute atomic E-state index is 0.152. The first-order valence-corrected chi connectivity index (χ1v) is 19.4. The van der Waals surface area contributed by atoms with Crippen LogP contribution in [-0.2, 0) is 22.6 Å². The molecule has 282 valence electrons. The molecule has 2 aliphatic carbocycles. The van der Waals surface area contributed by atoms with Crippen molar-refractivity contribution >= 4 is 35.0 Å². The quantitative estimate of drug-likeness (QED) is 0.174. The van der Waals surface area contributed by atoms with Gasteiger partial charge in [-0.1, -0.05) is 59.6 Å². The molecular formula is C41H45Cl2N7O4. The van der Waals surface area contributed by atoms with Crippen LogP contribution in [0.4, 0.5) is 0 Å². The number of nitrogens with zero attached hydrogens (tertiary/aromatic N) is 6. The predicted octanol–water partition coefficient (Wildman–Crippen LogP) is 6.88. The SMILES string of the molecule is COc1nc(-c2cccc(-c3cccc(-c4cnc(CNC5CC6(C5)CN(C(C)=O)C6)c(OC)n4)c3Cl)c2Cl)cnc1CCC1CC2(C1)CN(C(C)=O)C2. The molecule has 13 heteroatoms. The number of carbonyl (C=O) groups excluding carboxylic acids is 2. The third-order valence-electron chi connectivity index (χ3n) is 12.0. The first-order valence-electron chi connectivity index (χ1n) is 18.6. The van der Waals surface area contributed by atoms with Gasteiger partial charge in [0, 0.05) is 85.7 Å². The van der Waals surface area contributed by atoms with Crippen molar-refractivity contribution in [2.45, 2.75) is 65.0 Å². The summed E-state index contributed by atoms with van der Waals surface area (Å²) >= 11 is 14.2. The second kappa shape index (κ2) is 14.4. The van der Waals surface area contributed by atoms with E-state index in [1.807, 2.05) is 46.2 Å². The Kier molecular flexibility index (Phi) is 9.77. The number of aromatic nitrogens is 4. The Morgan fingerprint density at radius 2 is 1.20 bits per heavy atom. The van der Waals surface area contributed by atoms with E-state index in [1.54, 1.807) is 40.5 Å². The lowest BCUT2D eigenvalue weighted by Crippen LogP contribution is -2.66. The van der Waals surface area contributed by atoms with Crippen LogP contribution < -0.4 is 14.8 Å². The molecule has 2 spiro atoms. The monoisotopic (exact) mass is 769 g/mol. The highest BCUT2D eigenvalue weighted by molar-refractivity contribution is 6.39. The van der Waals surface area contributed by atoms with Crippen molar-refractivity contribution in [3.05, 3.63) is 70.2 Å². The number of carbonyl (C=O) groups is 2. The predicted molar refractivity (Wildman–Crippen MR) is 207 cm³/mol. The number of amides is 2. The zero-order valence-electron chi connectivity index (χ0n) is 31.1. The molecule has 0 radical (unpaired) electrons. The number of rotatable bonds is 11. The smallest absolute Gasteiger partial charge is 0.237 e. The Bertz CT molecular complexity index is 1950. The first kappa shape index (κ1) is 36.6. The van der Waals surface area contributed by atoms with E-state index in [4.69, 9.17) is 52.6 Å². The topological polar surface area (TPSA) is 123 Å². The molecule has 2 saturated heterocycles. The van der Waals surface area contributed by atoms with Gasteiger partial charge in [0.05, 0.1) is 48.0 Å². The van der Waals surface area contributed by atoms with Gasteiger partial charge in [-0.2, -0.15) is 0 Å². The van der Waals surface area contributed by atoms with E-state index in [2.05, 4.69) is 5.32 Å². The number of likely N-dealkylation sites (tertiary alicyclic amines) is 2. The highest BCUT2D eigenvalue weighted by Gasteiger charge is 2.53. The van der Waals surface area contributed by atoms with E-state index in [9.17, 15) is 9.59 Å². The van der Waals surface area contributed by atoms with Crippen LogP contribution in [0.3, 0.4) is 0 Å². The molecule has 11 nitrogen and oxygen atoms in total. The standard InChI is InChI=1S/C41H45Cl2N7O4/c1-24(51)49-20-40(21-49)13-26(14-40)11-12-32-38(53-3)47-33(17-45-32)30-9-5-7-28(36(30)42)29-8-6-10-31(37(29)43)34-18-46-35(39(48-34)54-4)19-44-27-15-41(16-27)22-50(23-41)25(2)52/h5-10,17-18,26-27,44H,11-16,19-23H2,1-4H3. The molecule has 4 aromatic rings. The van der Waals surface area contributed by atoms with Crippen molar-refractivity contribution in [3.63, 3.8) is 0 Å². The van der Waals surface area contributed by atoms with Crippen LogP contribution >= 0.6 is 23.2 Å². The molecular weight excluding hydrogens is 725 g/mol. The second-order valence-corrected chi connectivity index (χ2v) is 16.6. The minimum atomic E-state index is 0.152. The Labute approximate surface area is 325 Å². The number of ether oxygens (including phenoxy) is 2. The molecule has 2 saturated carbocycles. The average Bonchev–Trinajstić information content (AvgIpc) is 3.09. The fourth-order valence-electron chi connectivity index (χ4n) is 9.12. The summed E-state index contributed by atoms with van der Waals surface area (Å²) in [7, 11) is 3.21. The summed E-state index contributed by atoms with van der Waals surface area (Å²) in [4.78, 5) is 46.2. The van der Waals surface area contributed by atoms with Gasteiger partial charge in [0.25, 0.3) is 0 Å². The van der Waals surface area contributed by atoms with E-state index < -0.39 is 0 Å². The average molecular weight is 771 g/mol. The molecule has 0 atom stereocenters. The van der Waals surface area contributed by atoms with Gasteiger partial charge in [0.15, 0.2) is 0 Å². The molecule has 4 aliphatic rings. The third kappa shape index (κ3) is 6.79. The Balaban J connectivity index is 0.942. The maximum Gasteiger partial charge on any atom is 0.237 e. The van der Waals surface area contributed by atoms with E-state index in [1.165, 1.54) is 0 Å². The number of halogens is 2. The van der Waals surface area contributed by atoms with Crippen molar-refractivity contribution in [2.75, 3.05) is 40.4 Å². The van der Waals surface area contributed by atoms with Crippen molar-refractivity contribution in [1.82, 2.24) is 35.1 Å². The maximum absolute atomic E-state index is 11.6. The summed E-state index contributed by atoms with van der Waals surface area (Å²) in [5, 5.41) is 4.58. The van der Waals surface area contributed by atoms with Crippen LogP contribution in [0.5, 0.6) is 11.8 Å². The largest absolute Gasteiger partial charge is 0.480 e. The van der Waals surface area contributed by atoms with Crippen molar-refractivity contribution in [3.8, 4) is 45.4 Å². The molecule has 2 aromatic heterocycles. The molecule has 0 unspecified atom stereocenters. The number of methoxy groups -OCH3 is 2. The van der Waals surface area contributed by atoms with Crippen molar-refractivity contribution in [1.29, 1.82) is 0 Å². The zero-order chi connectivity index (χ0) is 37.8. The van der Waals surface area contributed by atoms with E-state index in [-0.39, 0.29) is 17.2 Å². The Morgan fingerprint density at radius 3 is 1.70 bits per heavy atom. The van der Waals surface area contributed by atoms with Gasteiger partial charge in [-0.25, -0.2) is 9.97 Å². The van der Waals surface area contributed by atoms with Gasteiger partial charge in [0.2, 0.25) is 23.6 Å². The fraction of sp³-hybridized carbons (Fsp3) is 0.463. The van der Waals surface area contributed by atoms with Crippen LogP contribution in [0.15, 0.2) is 48.8 Å². The zero-order valence-corrected chi connectivity index (χ0v) is 32.6. The summed E-state index contributed by atoms with van der Waals surface area (Å²) in [5.41, 5.74) is 6.28. The lowest BCUT2D eigenvalue weighted by molar-refractivity contribution is -0.153. The van der Waals surface area contributed by atoms with E-state index in [0.717, 1.165) is 92.8 Å². The van der Waals surface area contributed by atoms with Crippen LogP contribution in [0.2, 0.25) is 10.0 Å². The van der Waals surface area contributed by atoms with Crippen LogP contribution in [0.1, 0.15) is 57.3 Å². The first-order chi connectivity index (χ1) is 26.0. The van der Waals surface area contributed by atoms with Gasteiger partial charge in [-0.15, -0.1) is 0 Å². The summed E-state index contributed by atoms with van der Waals surface area (Å²) in [6.07, 6.45) is 9.69. The molecule has 8 rings (SSSR count). The number of benzene rings is 2. The maximum atomic E-state index is 11.6. The third-order valence-corrected chi connectivity index (χ3v) is 12.8. The number of hydrogen-bond acceptors (Lipinski definition) is 9. The van der Waals surface area contributed by atoms with Crippen LogP contribution in [0.25, 0.3) is 33.6 Å².